The summed E-state index contributed by atoms with van der Waals surface area (Å²) in [5.74, 6) is -2.00. The quantitative estimate of drug-likeness (QED) is 0.644. The van der Waals surface area contributed by atoms with E-state index in [1.165, 1.54) is 25.1 Å². The lowest BCUT2D eigenvalue weighted by Gasteiger charge is -2.20. The van der Waals surface area contributed by atoms with Gasteiger partial charge in [-0.15, -0.1) is 0 Å². The molecule has 2 aromatic carbocycles. The fraction of sp³-hybridized carbons (Fsp3) is 0.0714. The Morgan fingerprint density at radius 2 is 1.81 bits per heavy atom. The van der Waals surface area contributed by atoms with Crippen molar-refractivity contribution in [3.05, 3.63) is 39.4 Å². The Kier molecular flexibility index (Phi) is 3.11. The Balaban J connectivity index is 2.51. The highest BCUT2D eigenvalue weighted by molar-refractivity contribution is 6.44. The molecule has 0 aliphatic carbocycles. The van der Waals surface area contributed by atoms with E-state index < -0.39 is 11.9 Å². The molecule has 1 amide bonds. The first-order valence-electron chi connectivity index (χ1n) is 5.89. The number of cyclic esters (lactones) is 2. The minimum Gasteiger partial charge on any atom is -0.386 e. The summed E-state index contributed by atoms with van der Waals surface area (Å²) in [6.45, 7) is 1.29. The monoisotopic (exact) mass is 323 g/mol. The second kappa shape index (κ2) is 4.72. The van der Waals surface area contributed by atoms with Crippen molar-refractivity contribution >= 4 is 57.5 Å². The van der Waals surface area contributed by atoms with E-state index in [4.69, 9.17) is 23.2 Å². The number of hydrogen-bond donors (Lipinski definition) is 1. The lowest BCUT2D eigenvalue weighted by atomic mass is 9.95. The summed E-state index contributed by atoms with van der Waals surface area (Å²) in [6, 6.07) is 4.37. The minimum absolute atomic E-state index is 0.0710. The largest absolute Gasteiger partial charge is 0.386 e. The second-order valence-corrected chi connectivity index (χ2v) is 5.30. The Morgan fingerprint density at radius 3 is 2.48 bits per heavy atom. The van der Waals surface area contributed by atoms with Crippen molar-refractivity contribution in [1.82, 2.24) is 0 Å². The molecule has 0 fully saturated rings. The van der Waals surface area contributed by atoms with Gasteiger partial charge in [-0.1, -0.05) is 23.2 Å². The molecule has 0 aromatic heterocycles. The molecule has 0 radical (unpaired) electrons. The lowest BCUT2D eigenvalue weighted by Crippen LogP contribution is -2.22. The van der Waals surface area contributed by atoms with Crippen LogP contribution in [-0.2, 0) is 9.53 Å². The molecule has 1 aliphatic rings. The summed E-state index contributed by atoms with van der Waals surface area (Å²) in [4.78, 5) is 35.1. The molecule has 0 unspecified atom stereocenters. The van der Waals surface area contributed by atoms with Crippen molar-refractivity contribution in [2.45, 2.75) is 6.92 Å². The van der Waals surface area contributed by atoms with Gasteiger partial charge in [0.05, 0.1) is 21.8 Å². The third kappa shape index (κ3) is 2.05. The zero-order valence-electron chi connectivity index (χ0n) is 10.6. The van der Waals surface area contributed by atoms with Crippen LogP contribution in [-0.4, -0.2) is 17.8 Å². The molecule has 106 valence electrons. The van der Waals surface area contributed by atoms with Crippen molar-refractivity contribution < 1.29 is 19.1 Å². The predicted octanol–water partition coefficient (Wildman–Crippen LogP) is 3.42. The molecule has 7 heteroatoms. The predicted molar refractivity (Wildman–Crippen MR) is 78.0 cm³/mol. The van der Waals surface area contributed by atoms with Crippen molar-refractivity contribution in [1.29, 1.82) is 0 Å². The highest BCUT2D eigenvalue weighted by Gasteiger charge is 2.32. The summed E-state index contributed by atoms with van der Waals surface area (Å²) >= 11 is 12.3. The Bertz CT molecular complexity index is 845. The number of nitrogens with one attached hydrogen (secondary N) is 1. The maximum Gasteiger partial charge on any atom is 0.348 e. The van der Waals surface area contributed by atoms with Gasteiger partial charge in [-0.25, -0.2) is 9.59 Å². The lowest BCUT2D eigenvalue weighted by molar-refractivity contribution is -0.114. The van der Waals surface area contributed by atoms with Gasteiger partial charge in [-0.05, 0) is 18.2 Å². The normalized spacial score (nSPS) is 13.3. The van der Waals surface area contributed by atoms with Crippen LogP contribution in [0.25, 0.3) is 10.8 Å². The molecule has 0 spiro atoms. The molecule has 21 heavy (non-hydrogen) atoms. The van der Waals surface area contributed by atoms with Crippen molar-refractivity contribution in [2.24, 2.45) is 0 Å². The molecule has 5 nitrogen and oxygen atoms in total. The molecule has 1 aliphatic heterocycles. The third-order valence-corrected chi connectivity index (χ3v) is 3.72. The molecule has 0 bridgehead atoms. The Labute approximate surface area is 128 Å². The maximum atomic E-state index is 12.0. The molecular formula is C14H7Cl2NO4. The average molecular weight is 324 g/mol. The van der Waals surface area contributed by atoms with E-state index >= 15 is 0 Å². The van der Waals surface area contributed by atoms with Crippen LogP contribution in [0.1, 0.15) is 27.6 Å². The molecule has 1 heterocycles. The molecular weight excluding hydrogens is 317 g/mol. The van der Waals surface area contributed by atoms with Crippen LogP contribution >= 0.6 is 23.2 Å². The first-order valence-corrected chi connectivity index (χ1v) is 6.64. The standard InChI is InChI=1S/C14H7Cl2NO4/c1-5(18)17-9-4-8(16)11-7(15)3-2-6-10(11)12(9)14(20)21-13(6)19/h2-4H,1H3,(H,17,18). The van der Waals surface area contributed by atoms with Crippen LogP contribution in [0.4, 0.5) is 5.69 Å². The minimum atomic E-state index is -0.847. The number of amides is 1. The molecule has 0 saturated heterocycles. The highest BCUT2D eigenvalue weighted by atomic mass is 35.5. The van der Waals surface area contributed by atoms with Gasteiger partial charge in [0, 0.05) is 22.7 Å². The van der Waals surface area contributed by atoms with Gasteiger partial charge < -0.3 is 10.1 Å². The zero-order chi connectivity index (χ0) is 15.3. The number of halogens is 2. The number of carbonyl (C=O) groups excluding carboxylic acids is 3. The number of ether oxygens (including phenoxy) is 1. The summed E-state index contributed by atoms with van der Waals surface area (Å²) in [5, 5.41) is 3.71. The highest BCUT2D eigenvalue weighted by Crippen LogP contribution is 2.41. The summed E-state index contributed by atoms with van der Waals surface area (Å²) in [7, 11) is 0. The summed E-state index contributed by atoms with van der Waals surface area (Å²) in [5.41, 5.74) is 0.431. The summed E-state index contributed by atoms with van der Waals surface area (Å²) < 4.78 is 4.69. The van der Waals surface area contributed by atoms with E-state index in [2.05, 4.69) is 10.1 Å². The van der Waals surface area contributed by atoms with Crippen LogP contribution in [0.3, 0.4) is 0 Å². The van der Waals surface area contributed by atoms with Gasteiger partial charge >= 0.3 is 11.9 Å². The van der Waals surface area contributed by atoms with Gasteiger partial charge in [0.2, 0.25) is 5.91 Å². The molecule has 2 aromatic rings. The fourth-order valence-electron chi connectivity index (χ4n) is 2.34. The van der Waals surface area contributed by atoms with Crippen LogP contribution in [0.15, 0.2) is 18.2 Å². The molecule has 0 saturated carbocycles. The second-order valence-electron chi connectivity index (χ2n) is 4.48. The van der Waals surface area contributed by atoms with Crippen LogP contribution in [0.5, 0.6) is 0 Å². The Morgan fingerprint density at radius 1 is 1.10 bits per heavy atom. The van der Waals surface area contributed by atoms with Gasteiger partial charge in [0.1, 0.15) is 0 Å². The van der Waals surface area contributed by atoms with E-state index in [0.717, 1.165) is 0 Å². The number of carbonyl (C=O) groups is 3. The summed E-state index contributed by atoms with van der Waals surface area (Å²) in [6.07, 6.45) is 0. The first-order chi connectivity index (χ1) is 9.90. The van der Waals surface area contributed by atoms with Gasteiger partial charge in [0.25, 0.3) is 0 Å². The van der Waals surface area contributed by atoms with Crippen molar-refractivity contribution in [3.8, 4) is 0 Å². The molecule has 1 N–H and O–H groups in total. The average Bonchev–Trinajstić information content (AvgIpc) is 2.36. The molecule has 3 rings (SSSR count). The zero-order valence-corrected chi connectivity index (χ0v) is 12.1. The number of anilines is 1. The van der Waals surface area contributed by atoms with Crippen LogP contribution < -0.4 is 5.32 Å². The fourth-order valence-corrected chi connectivity index (χ4v) is 2.95. The topological polar surface area (TPSA) is 72.5 Å². The number of hydrogen-bond acceptors (Lipinski definition) is 4. The van der Waals surface area contributed by atoms with Crippen LogP contribution in [0, 0.1) is 0 Å². The smallest absolute Gasteiger partial charge is 0.348 e. The number of esters is 2. The van der Waals surface area contributed by atoms with Crippen LogP contribution in [0.2, 0.25) is 10.0 Å². The number of rotatable bonds is 1. The van der Waals surface area contributed by atoms with Crippen molar-refractivity contribution in [3.63, 3.8) is 0 Å². The third-order valence-electron chi connectivity index (χ3n) is 3.10. The van der Waals surface area contributed by atoms with E-state index in [-0.39, 0.29) is 27.7 Å². The SMILES string of the molecule is CC(=O)Nc1cc(Cl)c2c(Cl)ccc3c2c1C(=O)OC3=O. The van der Waals surface area contributed by atoms with E-state index in [1.54, 1.807) is 0 Å². The van der Waals surface area contributed by atoms with E-state index in [1.807, 2.05) is 0 Å². The van der Waals surface area contributed by atoms with Gasteiger partial charge in [0.15, 0.2) is 0 Å². The van der Waals surface area contributed by atoms with E-state index in [0.29, 0.717) is 15.8 Å². The number of benzene rings is 2. The first kappa shape index (κ1) is 13.9. The van der Waals surface area contributed by atoms with E-state index in [9.17, 15) is 14.4 Å². The van der Waals surface area contributed by atoms with Crippen molar-refractivity contribution in [2.75, 3.05) is 5.32 Å². The Hall–Kier alpha value is -2.11. The maximum absolute atomic E-state index is 12.0. The molecule has 0 atom stereocenters. The van der Waals surface area contributed by atoms with Gasteiger partial charge in [-0.2, -0.15) is 0 Å². The van der Waals surface area contributed by atoms with Gasteiger partial charge in [-0.3, -0.25) is 4.79 Å².